The third-order valence-corrected chi connectivity index (χ3v) is 2.45. The smallest absolute Gasteiger partial charge is 0.0267 e. The van der Waals surface area contributed by atoms with Gasteiger partial charge < -0.3 is 0 Å². The third-order valence-electron chi connectivity index (χ3n) is 2.45. The molecule has 0 saturated carbocycles. The van der Waals surface area contributed by atoms with Crippen molar-refractivity contribution in [3.63, 3.8) is 0 Å². The summed E-state index contributed by atoms with van der Waals surface area (Å²) in [6, 6.07) is 26.2. The molecule has 0 amide bonds. The molecule has 0 fully saturated rings. The Balaban J connectivity index is 0.000000151. The zero-order valence-electron chi connectivity index (χ0n) is 12.1. The summed E-state index contributed by atoms with van der Waals surface area (Å²) in [5, 5.41) is 0. The van der Waals surface area contributed by atoms with Gasteiger partial charge in [0, 0.05) is 12.4 Å². The van der Waals surface area contributed by atoms with Crippen LogP contribution in [0.3, 0.4) is 0 Å². The standard InChI is InChI=1S/2C7H8.C5H5N/c2*1-7-5-3-2-4-6-7;1-2-4-6-5-3-1/h2*2-6H,1H3;1-5H. The second-order valence-electron chi connectivity index (χ2n) is 4.33. The molecule has 3 rings (SSSR count). The molecule has 1 heterocycles. The van der Waals surface area contributed by atoms with Gasteiger partial charge in [0.2, 0.25) is 0 Å². The lowest BCUT2D eigenvalue weighted by molar-refractivity contribution is 1.33. The van der Waals surface area contributed by atoms with Crippen molar-refractivity contribution in [3.05, 3.63) is 102 Å². The van der Waals surface area contributed by atoms with Gasteiger partial charge in [-0.1, -0.05) is 77.9 Å². The van der Waals surface area contributed by atoms with Crippen molar-refractivity contribution >= 4 is 0 Å². The van der Waals surface area contributed by atoms with Crippen LogP contribution in [0.2, 0.25) is 0 Å². The van der Waals surface area contributed by atoms with Gasteiger partial charge in [0.25, 0.3) is 0 Å². The minimum atomic E-state index is 1.32. The molecule has 0 N–H and O–H groups in total. The molecule has 3 aromatic rings. The predicted octanol–water partition coefficient (Wildman–Crippen LogP) is 5.07. The largest absolute Gasteiger partial charge is 0.265 e. The van der Waals surface area contributed by atoms with E-state index in [9.17, 15) is 0 Å². The Morgan fingerprint density at radius 3 is 1.00 bits per heavy atom. The van der Waals surface area contributed by atoms with Gasteiger partial charge in [-0.25, -0.2) is 0 Å². The van der Waals surface area contributed by atoms with Gasteiger partial charge >= 0.3 is 0 Å². The van der Waals surface area contributed by atoms with E-state index in [4.69, 9.17) is 0 Å². The Kier molecular flexibility index (Phi) is 8.22. The quantitative estimate of drug-likeness (QED) is 0.551. The number of aromatic nitrogens is 1. The van der Waals surface area contributed by atoms with Crippen molar-refractivity contribution in [2.75, 3.05) is 0 Å². The minimum Gasteiger partial charge on any atom is -0.265 e. The molecule has 0 unspecified atom stereocenters. The van der Waals surface area contributed by atoms with Gasteiger partial charge in [-0.15, -0.1) is 0 Å². The highest BCUT2D eigenvalue weighted by atomic mass is 14.6. The molecule has 20 heavy (non-hydrogen) atoms. The number of hydrogen-bond donors (Lipinski definition) is 0. The lowest BCUT2D eigenvalue weighted by Crippen LogP contribution is -1.62. The summed E-state index contributed by atoms with van der Waals surface area (Å²) in [5.74, 6) is 0. The van der Waals surface area contributed by atoms with Crippen molar-refractivity contribution in [2.24, 2.45) is 0 Å². The van der Waals surface area contributed by atoms with Crippen LogP contribution in [0.4, 0.5) is 0 Å². The van der Waals surface area contributed by atoms with Gasteiger partial charge in [0.15, 0.2) is 0 Å². The molecule has 0 aliphatic heterocycles. The molecule has 1 heteroatoms. The first-order chi connectivity index (χ1) is 9.79. The van der Waals surface area contributed by atoms with Crippen molar-refractivity contribution in [1.82, 2.24) is 4.98 Å². The summed E-state index contributed by atoms with van der Waals surface area (Å²) < 4.78 is 0. The molecule has 1 nitrogen and oxygen atoms in total. The summed E-state index contributed by atoms with van der Waals surface area (Å²) in [5.41, 5.74) is 2.64. The molecule has 0 bridgehead atoms. The van der Waals surface area contributed by atoms with Crippen LogP contribution in [0.1, 0.15) is 11.1 Å². The highest BCUT2D eigenvalue weighted by Gasteiger charge is 1.72. The van der Waals surface area contributed by atoms with Gasteiger partial charge in [0.1, 0.15) is 0 Å². The fraction of sp³-hybridized carbons (Fsp3) is 0.105. The Labute approximate surface area is 122 Å². The van der Waals surface area contributed by atoms with Crippen molar-refractivity contribution in [1.29, 1.82) is 0 Å². The van der Waals surface area contributed by atoms with Crippen LogP contribution < -0.4 is 0 Å². The molecular weight excluding hydrogens is 242 g/mol. The normalized spacial score (nSPS) is 8.50. The van der Waals surface area contributed by atoms with Crippen molar-refractivity contribution in [2.45, 2.75) is 13.8 Å². The Morgan fingerprint density at radius 1 is 0.500 bits per heavy atom. The number of rotatable bonds is 0. The van der Waals surface area contributed by atoms with E-state index < -0.39 is 0 Å². The third kappa shape index (κ3) is 8.65. The first kappa shape index (κ1) is 15.6. The molecule has 0 saturated heterocycles. The monoisotopic (exact) mass is 263 g/mol. The van der Waals surface area contributed by atoms with Gasteiger partial charge in [-0.05, 0) is 26.0 Å². The molecular formula is C19H21N. The van der Waals surface area contributed by atoms with E-state index in [1.165, 1.54) is 11.1 Å². The Bertz CT molecular complexity index is 468. The maximum atomic E-state index is 3.78. The maximum absolute atomic E-state index is 3.78. The molecule has 2 aromatic carbocycles. The van der Waals surface area contributed by atoms with Crippen LogP contribution >= 0.6 is 0 Å². The van der Waals surface area contributed by atoms with E-state index in [0.29, 0.717) is 0 Å². The zero-order valence-corrected chi connectivity index (χ0v) is 12.1. The fourth-order valence-corrected chi connectivity index (χ4v) is 1.38. The van der Waals surface area contributed by atoms with Crippen LogP contribution in [0, 0.1) is 13.8 Å². The topological polar surface area (TPSA) is 12.9 Å². The molecule has 102 valence electrons. The van der Waals surface area contributed by atoms with Crippen LogP contribution in [-0.4, -0.2) is 4.98 Å². The molecule has 0 atom stereocenters. The van der Waals surface area contributed by atoms with Crippen LogP contribution in [0.25, 0.3) is 0 Å². The molecule has 0 spiro atoms. The van der Waals surface area contributed by atoms with Crippen LogP contribution in [-0.2, 0) is 0 Å². The SMILES string of the molecule is Cc1ccccc1.Cc1ccccc1.c1ccncc1. The highest BCUT2D eigenvalue weighted by Crippen LogP contribution is 1.92. The first-order valence-corrected chi connectivity index (χ1v) is 6.67. The number of benzene rings is 2. The van der Waals surface area contributed by atoms with Gasteiger partial charge in [-0.3, -0.25) is 4.98 Å². The second kappa shape index (κ2) is 10.5. The van der Waals surface area contributed by atoms with E-state index in [1.54, 1.807) is 12.4 Å². The number of hydrogen-bond acceptors (Lipinski definition) is 1. The summed E-state index contributed by atoms with van der Waals surface area (Å²) in [6.07, 6.45) is 3.50. The number of aryl methyl sites for hydroxylation is 2. The number of nitrogens with zero attached hydrogens (tertiary/aromatic N) is 1. The second-order valence-corrected chi connectivity index (χ2v) is 4.33. The fourth-order valence-electron chi connectivity index (χ4n) is 1.38. The first-order valence-electron chi connectivity index (χ1n) is 6.67. The summed E-state index contributed by atoms with van der Waals surface area (Å²) in [4.78, 5) is 3.78. The Hall–Kier alpha value is -2.41. The van der Waals surface area contributed by atoms with E-state index in [1.807, 2.05) is 54.6 Å². The molecule has 0 radical (unpaired) electrons. The van der Waals surface area contributed by atoms with E-state index >= 15 is 0 Å². The lowest BCUT2D eigenvalue weighted by atomic mass is 10.2. The van der Waals surface area contributed by atoms with Gasteiger partial charge in [0.05, 0.1) is 0 Å². The summed E-state index contributed by atoms with van der Waals surface area (Å²) in [6.45, 7) is 4.17. The molecule has 0 aliphatic rings. The zero-order chi connectivity index (χ0) is 14.5. The van der Waals surface area contributed by atoms with Crippen molar-refractivity contribution < 1.29 is 0 Å². The minimum absolute atomic E-state index is 1.32. The molecule has 0 aliphatic carbocycles. The average molecular weight is 263 g/mol. The van der Waals surface area contributed by atoms with E-state index in [0.717, 1.165) is 0 Å². The van der Waals surface area contributed by atoms with Gasteiger partial charge in [-0.2, -0.15) is 0 Å². The number of pyridine rings is 1. The summed E-state index contributed by atoms with van der Waals surface area (Å²) >= 11 is 0. The predicted molar refractivity (Wildman–Crippen MR) is 86.6 cm³/mol. The maximum Gasteiger partial charge on any atom is 0.0267 e. The van der Waals surface area contributed by atoms with E-state index in [2.05, 4.69) is 43.1 Å². The Morgan fingerprint density at radius 2 is 0.850 bits per heavy atom. The van der Waals surface area contributed by atoms with Crippen LogP contribution in [0.5, 0.6) is 0 Å². The van der Waals surface area contributed by atoms with E-state index in [-0.39, 0.29) is 0 Å². The van der Waals surface area contributed by atoms with Crippen molar-refractivity contribution in [3.8, 4) is 0 Å². The highest BCUT2D eigenvalue weighted by molar-refractivity contribution is 5.12. The average Bonchev–Trinajstić information content (AvgIpc) is 2.52. The summed E-state index contributed by atoms with van der Waals surface area (Å²) in [7, 11) is 0. The molecule has 1 aromatic heterocycles. The lowest BCUT2D eigenvalue weighted by Gasteiger charge is -1.82. The van der Waals surface area contributed by atoms with Crippen LogP contribution in [0.15, 0.2) is 91.3 Å².